The van der Waals surface area contributed by atoms with Crippen LogP contribution < -0.4 is 4.90 Å². The minimum atomic E-state index is -0.170. The number of hydrogen-bond donors (Lipinski definition) is 0. The third kappa shape index (κ3) is 4.38. The van der Waals surface area contributed by atoms with E-state index in [0.717, 1.165) is 12.1 Å². The predicted molar refractivity (Wildman–Crippen MR) is 112 cm³/mol. The maximum atomic E-state index is 12.7. The van der Waals surface area contributed by atoms with E-state index >= 15 is 0 Å². The van der Waals surface area contributed by atoms with Gasteiger partial charge in [0.2, 0.25) is 5.91 Å². The van der Waals surface area contributed by atoms with Crippen LogP contribution in [0.4, 0.5) is 10.5 Å². The van der Waals surface area contributed by atoms with Gasteiger partial charge in [0.15, 0.2) is 0 Å². The summed E-state index contributed by atoms with van der Waals surface area (Å²) in [6, 6.07) is 15.2. The Labute approximate surface area is 175 Å². The molecule has 0 aliphatic carbocycles. The van der Waals surface area contributed by atoms with Gasteiger partial charge in [-0.15, -0.1) is 0 Å². The summed E-state index contributed by atoms with van der Waals surface area (Å²) in [5.41, 5.74) is 3.23. The first kappa shape index (κ1) is 19.7. The average molecular weight is 414 g/mol. The van der Waals surface area contributed by atoms with Gasteiger partial charge in [-0.1, -0.05) is 41.9 Å². The van der Waals surface area contributed by atoms with E-state index in [1.54, 1.807) is 33.9 Å². The highest BCUT2D eigenvalue weighted by Crippen LogP contribution is 2.24. The number of benzene rings is 2. The minimum Gasteiger partial charge on any atom is -0.371 e. The van der Waals surface area contributed by atoms with Crippen molar-refractivity contribution in [2.24, 2.45) is 0 Å². The Kier molecular flexibility index (Phi) is 5.74. The second-order valence-electron chi connectivity index (χ2n) is 7.52. The Bertz CT molecular complexity index is 920. The topological polar surface area (TPSA) is 53.1 Å². The van der Waals surface area contributed by atoms with Crippen LogP contribution in [0.3, 0.4) is 0 Å². The number of rotatable bonds is 5. The molecule has 0 spiro atoms. The lowest BCUT2D eigenvalue weighted by Crippen LogP contribution is -2.44. The quantitative estimate of drug-likeness (QED) is 0.756. The Balaban J connectivity index is 1.32. The monoisotopic (exact) mass is 413 g/mol. The molecule has 3 amide bonds. The fourth-order valence-corrected chi connectivity index (χ4v) is 4.02. The van der Waals surface area contributed by atoms with Crippen molar-refractivity contribution in [1.29, 1.82) is 0 Å². The molecule has 1 saturated heterocycles. The van der Waals surface area contributed by atoms with Crippen LogP contribution in [0.25, 0.3) is 0 Å². The van der Waals surface area contributed by atoms with E-state index in [1.807, 2.05) is 24.3 Å². The molecule has 2 aromatic rings. The molecular formula is C22H24ClN3O3. The van der Waals surface area contributed by atoms with Gasteiger partial charge in [0.1, 0.15) is 6.54 Å². The number of hydrogen-bond acceptors (Lipinski definition) is 3. The Morgan fingerprint density at radius 3 is 2.76 bits per heavy atom. The molecule has 0 bridgehead atoms. The van der Waals surface area contributed by atoms with E-state index in [4.69, 9.17) is 16.3 Å². The third-order valence-electron chi connectivity index (χ3n) is 5.48. The van der Waals surface area contributed by atoms with E-state index in [1.165, 1.54) is 11.1 Å². The molecule has 6 nitrogen and oxygen atoms in total. The van der Waals surface area contributed by atoms with Gasteiger partial charge < -0.3 is 14.5 Å². The molecule has 0 aromatic heterocycles. The summed E-state index contributed by atoms with van der Waals surface area (Å²) >= 11 is 6.03. The zero-order valence-corrected chi connectivity index (χ0v) is 17.1. The fraction of sp³-hybridized carbons (Fsp3) is 0.364. The normalized spacial score (nSPS) is 18.7. The Morgan fingerprint density at radius 2 is 1.97 bits per heavy atom. The van der Waals surface area contributed by atoms with Crippen molar-refractivity contribution < 1.29 is 14.3 Å². The van der Waals surface area contributed by atoms with Gasteiger partial charge in [0.05, 0.1) is 12.7 Å². The molecule has 2 aromatic carbocycles. The predicted octanol–water partition coefficient (Wildman–Crippen LogP) is 3.18. The molecule has 2 aliphatic rings. The molecule has 1 unspecified atom stereocenters. The molecule has 29 heavy (non-hydrogen) atoms. The van der Waals surface area contributed by atoms with Crippen LogP contribution in [0, 0.1) is 0 Å². The van der Waals surface area contributed by atoms with Crippen LogP contribution in [0.1, 0.15) is 11.1 Å². The number of nitrogens with zero attached hydrogens (tertiary/aromatic N) is 3. The maximum absolute atomic E-state index is 12.7. The number of halogens is 1. The largest absolute Gasteiger partial charge is 0.371 e. The van der Waals surface area contributed by atoms with Crippen molar-refractivity contribution in [1.82, 2.24) is 9.80 Å². The van der Waals surface area contributed by atoms with E-state index in [0.29, 0.717) is 31.3 Å². The van der Waals surface area contributed by atoms with E-state index < -0.39 is 0 Å². The number of carbonyl (C=O) groups excluding carboxylic acids is 2. The first-order valence-electron chi connectivity index (χ1n) is 9.75. The molecule has 0 saturated carbocycles. The van der Waals surface area contributed by atoms with E-state index in [-0.39, 0.29) is 24.6 Å². The molecule has 0 radical (unpaired) electrons. The lowest BCUT2D eigenvalue weighted by molar-refractivity contribution is -0.132. The summed E-state index contributed by atoms with van der Waals surface area (Å²) in [7, 11) is 1.77. The minimum absolute atomic E-state index is 0.0314. The summed E-state index contributed by atoms with van der Waals surface area (Å²) in [6.07, 6.45) is 0.759. The highest BCUT2D eigenvalue weighted by molar-refractivity contribution is 6.30. The lowest BCUT2D eigenvalue weighted by Gasteiger charge is -2.29. The van der Waals surface area contributed by atoms with Crippen molar-refractivity contribution in [2.75, 3.05) is 38.1 Å². The Hall–Kier alpha value is -2.57. The van der Waals surface area contributed by atoms with Crippen LogP contribution in [-0.2, 0) is 22.6 Å². The zero-order valence-electron chi connectivity index (χ0n) is 16.4. The van der Waals surface area contributed by atoms with Crippen molar-refractivity contribution in [3.8, 4) is 0 Å². The van der Waals surface area contributed by atoms with Crippen LogP contribution >= 0.6 is 11.6 Å². The van der Waals surface area contributed by atoms with Gasteiger partial charge >= 0.3 is 6.03 Å². The second kappa shape index (κ2) is 8.43. The number of fused-ring (bicyclic) bond motifs is 1. The van der Waals surface area contributed by atoms with Crippen LogP contribution in [0.5, 0.6) is 0 Å². The number of amides is 3. The van der Waals surface area contributed by atoms with E-state index in [9.17, 15) is 9.59 Å². The first-order valence-corrected chi connectivity index (χ1v) is 10.1. The van der Waals surface area contributed by atoms with Crippen LogP contribution in [0.15, 0.2) is 48.5 Å². The standard InChI is InChI=1S/C22H24ClN3O3/c1-24(13-20-11-16-5-2-3-6-17(16)15-29-20)21(27)14-25-9-10-26(22(25)28)19-8-4-7-18(23)12-19/h2-8,12,20H,9-11,13-15H2,1H3. The fourth-order valence-electron chi connectivity index (χ4n) is 3.83. The lowest BCUT2D eigenvalue weighted by atomic mass is 9.99. The second-order valence-corrected chi connectivity index (χ2v) is 7.95. The number of carbonyl (C=O) groups is 2. The van der Waals surface area contributed by atoms with Gasteiger partial charge in [-0.25, -0.2) is 4.79 Å². The summed E-state index contributed by atoms with van der Waals surface area (Å²) in [4.78, 5) is 30.3. The summed E-state index contributed by atoms with van der Waals surface area (Å²) < 4.78 is 5.91. The highest BCUT2D eigenvalue weighted by Gasteiger charge is 2.32. The highest BCUT2D eigenvalue weighted by atomic mass is 35.5. The number of likely N-dealkylation sites (N-methyl/N-ethyl adjacent to an activating group) is 1. The van der Waals surface area contributed by atoms with Crippen LogP contribution in [-0.4, -0.2) is 61.1 Å². The number of anilines is 1. The van der Waals surface area contributed by atoms with Gasteiger partial charge in [-0.2, -0.15) is 0 Å². The number of urea groups is 1. The molecule has 2 aliphatic heterocycles. The van der Waals surface area contributed by atoms with Crippen molar-refractivity contribution in [3.63, 3.8) is 0 Å². The molecule has 7 heteroatoms. The molecule has 1 atom stereocenters. The van der Waals surface area contributed by atoms with Gasteiger partial charge in [-0.3, -0.25) is 9.69 Å². The molecule has 2 heterocycles. The summed E-state index contributed by atoms with van der Waals surface area (Å²) in [6.45, 7) is 2.20. The molecule has 0 N–H and O–H groups in total. The zero-order chi connectivity index (χ0) is 20.4. The average Bonchev–Trinajstić information content (AvgIpc) is 3.08. The molecular weight excluding hydrogens is 390 g/mol. The van der Waals surface area contributed by atoms with E-state index in [2.05, 4.69) is 12.1 Å². The van der Waals surface area contributed by atoms with Gasteiger partial charge in [-0.05, 0) is 29.3 Å². The smallest absolute Gasteiger partial charge is 0.325 e. The number of ether oxygens (including phenoxy) is 1. The SMILES string of the molecule is CN(CC1Cc2ccccc2CO1)C(=O)CN1CCN(c2cccc(Cl)c2)C1=O. The van der Waals surface area contributed by atoms with Crippen molar-refractivity contribution in [3.05, 3.63) is 64.7 Å². The van der Waals surface area contributed by atoms with Gasteiger partial charge in [0, 0.05) is 43.8 Å². The van der Waals surface area contributed by atoms with Crippen LogP contribution in [0.2, 0.25) is 5.02 Å². The summed E-state index contributed by atoms with van der Waals surface area (Å²) in [5, 5.41) is 0.582. The molecule has 4 rings (SSSR count). The van der Waals surface area contributed by atoms with Crippen molar-refractivity contribution >= 4 is 29.2 Å². The first-order chi connectivity index (χ1) is 14.0. The van der Waals surface area contributed by atoms with Crippen molar-refractivity contribution in [2.45, 2.75) is 19.1 Å². The molecule has 1 fully saturated rings. The Morgan fingerprint density at radius 1 is 1.17 bits per heavy atom. The summed E-state index contributed by atoms with van der Waals surface area (Å²) in [5.74, 6) is -0.0891. The molecule has 152 valence electrons. The maximum Gasteiger partial charge on any atom is 0.325 e. The van der Waals surface area contributed by atoms with Gasteiger partial charge in [0.25, 0.3) is 0 Å². The third-order valence-corrected chi connectivity index (χ3v) is 5.72.